The molecule has 6 nitrogen and oxygen atoms in total. The molecule has 0 saturated carbocycles. The zero-order valence-electron chi connectivity index (χ0n) is 16.0. The summed E-state index contributed by atoms with van der Waals surface area (Å²) in [6.45, 7) is 0. The lowest BCUT2D eigenvalue weighted by molar-refractivity contribution is 0.0979. The van der Waals surface area contributed by atoms with E-state index in [9.17, 15) is 9.59 Å². The maximum atomic E-state index is 12.8. The van der Waals surface area contributed by atoms with Gasteiger partial charge in [-0.1, -0.05) is 11.6 Å². The van der Waals surface area contributed by atoms with E-state index in [0.29, 0.717) is 26.2 Å². The van der Waals surface area contributed by atoms with Gasteiger partial charge >= 0.3 is 0 Å². The van der Waals surface area contributed by atoms with Crippen LogP contribution in [-0.4, -0.2) is 24.0 Å². The third kappa shape index (κ3) is 3.90. The molecular weight excluding hydrogens is 462 g/mol. The number of thiophene rings is 2. The molecule has 0 fully saturated rings. The number of carbonyl (C=O) groups is 2. The number of halogens is 1. The molecule has 2 heterocycles. The van der Waals surface area contributed by atoms with Crippen molar-refractivity contribution in [3.63, 3.8) is 0 Å². The number of amides is 2. The van der Waals surface area contributed by atoms with Gasteiger partial charge in [-0.3, -0.25) is 14.9 Å². The van der Waals surface area contributed by atoms with Crippen LogP contribution in [0.1, 0.15) is 43.3 Å². The Balaban J connectivity index is 1.54. The number of carbonyl (C=O) groups excluding carboxylic acids is 2. The molecule has 0 unspecified atom stereocenters. The number of hydrogen-bond acceptors (Lipinski definition) is 6. The van der Waals surface area contributed by atoms with Gasteiger partial charge in [-0.05, 0) is 61.7 Å². The Labute approximate surface area is 191 Å². The molecule has 1 aromatic carbocycles. The minimum Gasteiger partial charge on any atom is -0.497 e. The molecule has 0 saturated heterocycles. The number of thiocarbonyl (C=S) groups is 1. The van der Waals surface area contributed by atoms with Crippen molar-refractivity contribution in [2.45, 2.75) is 25.7 Å². The number of anilines is 1. The second kappa shape index (κ2) is 8.50. The highest BCUT2D eigenvalue weighted by Gasteiger charge is 2.25. The Hall–Kier alpha value is -2.20. The Morgan fingerprint density at radius 2 is 2.00 bits per heavy atom. The largest absolute Gasteiger partial charge is 0.497 e. The first-order chi connectivity index (χ1) is 14.4. The number of hydrogen-bond donors (Lipinski definition) is 3. The van der Waals surface area contributed by atoms with Gasteiger partial charge in [-0.15, -0.1) is 22.7 Å². The molecule has 3 aromatic rings. The average molecular weight is 480 g/mol. The highest BCUT2D eigenvalue weighted by Crippen LogP contribution is 2.39. The summed E-state index contributed by atoms with van der Waals surface area (Å²) in [4.78, 5) is 26.3. The van der Waals surface area contributed by atoms with Crippen molar-refractivity contribution in [2.75, 3.05) is 12.4 Å². The normalized spacial score (nSPS) is 13.0. The van der Waals surface area contributed by atoms with E-state index in [2.05, 4.69) is 10.6 Å². The molecule has 1 aliphatic carbocycles. The summed E-state index contributed by atoms with van der Waals surface area (Å²) >= 11 is 14.4. The summed E-state index contributed by atoms with van der Waals surface area (Å²) in [6.07, 6.45) is 3.86. The van der Waals surface area contributed by atoms with Crippen LogP contribution < -0.4 is 21.1 Å². The van der Waals surface area contributed by atoms with E-state index >= 15 is 0 Å². The maximum absolute atomic E-state index is 12.8. The lowest BCUT2D eigenvalue weighted by Crippen LogP contribution is -2.34. The molecule has 0 spiro atoms. The Morgan fingerprint density at radius 1 is 1.23 bits per heavy atom. The molecule has 10 heteroatoms. The van der Waals surface area contributed by atoms with Gasteiger partial charge < -0.3 is 15.8 Å². The van der Waals surface area contributed by atoms with Crippen LogP contribution in [0.3, 0.4) is 0 Å². The molecule has 0 atom stereocenters. The zero-order chi connectivity index (χ0) is 21.4. The predicted molar refractivity (Wildman–Crippen MR) is 127 cm³/mol. The first-order valence-corrected chi connectivity index (χ1v) is 11.6. The highest BCUT2D eigenvalue weighted by atomic mass is 35.5. The Kier molecular flexibility index (Phi) is 5.97. The van der Waals surface area contributed by atoms with Crippen LogP contribution in [0.2, 0.25) is 5.02 Å². The molecule has 0 bridgehead atoms. The minimum atomic E-state index is -0.493. The predicted octanol–water partition coefficient (Wildman–Crippen LogP) is 4.73. The summed E-state index contributed by atoms with van der Waals surface area (Å²) in [5.41, 5.74) is 7.08. The molecule has 2 amide bonds. The first-order valence-electron chi connectivity index (χ1n) is 9.21. The number of aryl methyl sites for hydroxylation is 1. The summed E-state index contributed by atoms with van der Waals surface area (Å²) in [5.74, 6) is -0.225. The van der Waals surface area contributed by atoms with E-state index in [1.807, 2.05) is 12.1 Å². The molecule has 0 radical (unpaired) electrons. The van der Waals surface area contributed by atoms with Gasteiger partial charge in [0.15, 0.2) is 5.11 Å². The molecule has 4 N–H and O–H groups in total. The summed E-state index contributed by atoms with van der Waals surface area (Å²) in [5, 5.41) is 7.43. The van der Waals surface area contributed by atoms with Crippen molar-refractivity contribution >= 4 is 78.5 Å². The number of ether oxygens (including phenoxy) is 1. The molecule has 2 aromatic heterocycles. The van der Waals surface area contributed by atoms with Gasteiger partial charge in [0, 0.05) is 15.0 Å². The van der Waals surface area contributed by atoms with Crippen LogP contribution >= 0.6 is 46.5 Å². The minimum absolute atomic E-state index is 0.0900. The molecule has 1 aliphatic rings. The molecule has 0 aliphatic heterocycles. The van der Waals surface area contributed by atoms with Gasteiger partial charge in [0.1, 0.15) is 15.6 Å². The molecule has 4 rings (SSSR count). The van der Waals surface area contributed by atoms with Gasteiger partial charge in [-0.25, -0.2) is 0 Å². The number of benzene rings is 1. The van der Waals surface area contributed by atoms with Crippen LogP contribution in [0.15, 0.2) is 18.2 Å². The van der Waals surface area contributed by atoms with Crippen LogP contribution in [0.5, 0.6) is 5.75 Å². The zero-order valence-corrected chi connectivity index (χ0v) is 19.2. The van der Waals surface area contributed by atoms with Crippen molar-refractivity contribution < 1.29 is 14.3 Å². The maximum Gasteiger partial charge on any atom is 0.269 e. The second-order valence-corrected chi connectivity index (χ2v) is 9.74. The molecule has 156 valence electrons. The quantitative estimate of drug-likeness (QED) is 0.470. The highest BCUT2D eigenvalue weighted by molar-refractivity contribution is 7.80. The summed E-state index contributed by atoms with van der Waals surface area (Å²) < 4.78 is 6.06. The van der Waals surface area contributed by atoms with E-state index in [-0.39, 0.29) is 5.11 Å². The number of fused-ring (bicyclic) bond motifs is 2. The van der Waals surface area contributed by atoms with E-state index in [4.69, 9.17) is 34.3 Å². The standard InChI is InChI=1S/C20H18ClN3O3S3/c1-27-9-6-7-11-13(8-9)29-16(15(11)21)18(26)23-20(28)24-19-14(17(22)25)10-4-2-3-5-12(10)30-19/h6-8H,2-5H2,1H3,(H2,22,25)(H2,23,24,26,28). The van der Waals surface area contributed by atoms with Crippen LogP contribution in [-0.2, 0) is 12.8 Å². The smallest absolute Gasteiger partial charge is 0.269 e. The number of nitrogens with one attached hydrogen (secondary N) is 2. The van der Waals surface area contributed by atoms with Crippen molar-refractivity contribution in [2.24, 2.45) is 5.73 Å². The van der Waals surface area contributed by atoms with E-state index < -0.39 is 11.8 Å². The first kappa shape index (κ1) is 21.0. The van der Waals surface area contributed by atoms with Crippen molar-refractivity contribution in [1.82, 2.24) is 5.32 Å². The van der Waals surface area contributed by atoms with Crippen LogP contribution in [0.4, 0.5) is 5.00 Å². The second-order valence-electron chi connectivity index (χ2n) is 6.79. The fourth-order valence-electron chi connectivity index (χ4n) is 3.53. The Bertz CT molecular complexity index is 1190. The van der Waals surface area contributed by atoms with Crippen LogP contribution in [0, 0.1) is 0 Å². The van der Waals surface area contributed by atoms with E-state index in [1.54, 1.807) is 13.2 Å². The number of rotatable bonds is 4. The lowest BCUT2D eigenvalue weighted by Gasteiger charge is -2.11. The summed E-state index contributed by atoms with van der Waals surface area (Å²) in [7, 11) is 1.58. The van der Waals surface area contributed by atoms with Crippen molar-refractivity contribution in [1.29, 1.82) is 0 Å². The molecular formula is C20H18ClN3O3S3. The Morgan fingerprint density at radius 3 is 2.73 bits per heavy atom. The monoisotopic (exact) mass is 479 g/mol. The van der Waals surface area contributed by atoms with Crippen molar-refractivity contribution in [3.8, 4) is 5.75 Å². The van der Waals surface area contributed by atoms with Crippen LogP contribution in [0.25, 0.3) is 10.1 Å². The fourth-order valence-corrected chi connectivity index (χ4v) is 6.53. The third-order valence-corrected chi connectivity index (χ3v) is 7.98. The average Bonchev–Trinajstić information content (AvgIpc) is 3.24. The SMILES string of the molecule is COc1ccc2c(Cl)c(C(=O)NC(=S)Nc3sc4c(c3C(N)=O)CCCC4)sc2c1. The lowest BCUT2D eigenvalue weighted by atomic mass is 9.95. The third-order valence-electron chi connectivity index (χ3n) is 4.91. The van der Waals surface area contributed by atoms with Gasteiger partial charge in [0.25, 0.3) is 11.8 Å². The van der Waals surface area contributed by atoms with Crippen molar-refractivity contribution in [3.05, 3.63) is 44.1 Å². The fraction of sp³-hybridized carbons (Fsp3) is 0.250. The number of primary amides is 1. The number of nitrogens with two attached hydrogens (primary N) is 1. The molecule has 30 heavy (non-hydrogen) atoms. The van der Waals surface area contributed by atoms with Gasteiger partial charge in [0.05, 0.1) is 17.7 Å². The summed E-state index contributed by atoms with van der Waals surface area (Å²) in [6, 6.07) is 5.43. The number of methoxy groups -OCH3 is 1. The van der Waals surface area contributed by atoms with E-state index in [0.717, 1.165) is 46.2 Å². The van der Waals surface area contributed by atoms with Gasteiger partial charge in [-0.2, -0.15) is 0 Å². The topological polar surface area (TPSA) is 93.4 Å². The van der Waals surface area contributed by atoms with Gasteiger partial charge in [0.2, 0.25) is 0 Å². The van der Waals surface area contributed by atoms with E-state index in [1.165, 1.54) is 22.7 Å².